The summed E-state index contributed by atoms with van der Waals surface area (Å²) in [5.74, 6) is 0. The van der Waals surface area contributed by atoms with Gasteiger partial charge in [0.05, 0.1) is 10.6 Å². The molecule has 0 unspecified atom stereocenters. The third-order valence-electron chi connectivity index (χ3n) is 4.07. The number of aromatic nitrogens is 1. The number of sulfonamides is 1. The molecule has 26 heavy (non-hydrogen) atoms. The lowest BCUT2D eigenvalue weighted by Crippen LogP contribution is -2.30. The summed E-state index contributed by atoms with van der Waals surface area (Å²) in [7, 11) is -3.49. The molecule has 0 atom stereocenters. The fraction of sp³-hybridized carbons (Fsp3) is 0.211. The van der Waals surface area contributed by atoms with E-state index in [4.69, 9.17) is 11.6 Å². The number of hydrogen-bond acceptors (Lipinski definition) is 4. The molecule has 0 N–H and O–H groups in total. The van der Waals surface area contributed by atoms with Crippen LogP contribution in [-0.4, -0.2) is 30.8 Å². The Morgan fingerprint density at radius 2 is 1.73 bits per heavy atom. The van der Waals surface area contributed by atoms with Crippen LogP contribution in [0.25, 0.3) is 21.8 Å². The van der Waals surface area contributed by atoms with Gasteiger partial charge < -0.3 is 0 Å². The molecule has 0 fully saturated rings. The summed E-state index contributed by atoms with van der Waals surface area (Å²) in [4.78, 5) is 4.95. The van der Waals surface area contributed by atoms with E-state index in [0.717, 1.165) is 21.8 Å². The van der Waals surface area contributed by atoms with Gasteiger partial charge in [0.15, 0.2) is 0 Å². The second kappa shape index (κ2) is 7.88. The molecule has 3 rings (SSSR count). The van der Waals surface area contributed by atoms with Gasteiger partial charge in [-0.2, -0.15) is 4.31 Å². The third-order valence-corrected chi connectivity index (χ3v) is 7.26. The Hall–Kier alpha value is -1.73. The zero-order valence-electron chi connectivity index (χ0n) is 14.5. The maximum atomic E-state index is 12.7. The molecule has 136 valence electrons. The number of rotatable bonds is 6. The lowest BCUT2D eigenvalue weighted by atomic mass is 10.2. The molecule has 0 bridgehead atoms. The van der Waals surface area contributed by atoms with Gasteiger partial charge in [-0.3, -0.25) is 0 Å². The van der Waals surface area contributed by atoms with Crippen molar-refractivity contribution in [3.05, 3.63) is 58.9 Å². The Morgan fingerprint density at radius 3 is 2.38 bits per heavy atom. The molecular formula is C19H19ClN2O2S2. The van der Waals surface area contributed by atoms with E-state index in [-0.39, 0.29) is 0 Å². The van der Waals surface area contributed by atoms with Gasteiger partial charge in [0.1, 0.15) is 5.01 Å². The van der Waals surface area contributed by atoms with Gasteiger partial charge >= 0.3 is 0 Å². The molecule has 0 spiro atoms. The summed E-state index contributed by atoms with van der Waals surface area (Å²) >= 11 is 7.45. The first-order valence-electron chi connectivity index (χ1n) is 8.27. The zero-order chi connectivity index (χ0) is 18.7. The molecule has 7 heteroatoms. The lowest BCUT2D eigenvalue weighted by Gasteiger charge is -2.18. The van der Waals surface area contributed by atoms with E-state index in [0.29, 0.717) is 23.0 Å². The number of nitrogens with zero attached hydrogens (tertiary/aromatic N) is 2. The van der Waals surface area contributed by atoms with E-state index < -0.39 is 10.0 Å². The predicted molar refractivity (Wildman–Crippen MR) is 108 cm³/mol. The topological polar surface area (TPSA) is 50.3 Å². The average Bonchev–Trinajstić information content (AvgIpc) is 3.13. The molecule has 0 aliphatic carbocycles. The molecule has 1 heterocycles. The van der Waals surface area contributed by atoms with Crippen LogP contribution in [0, 0.1) is 0 Å². The van der Waals surface area contributed by atoms with Gasteiger partial charge in [0.2, 0.25) is 10.0 Å². The highest BCUT2D eigenvalue weighted by atomic mass is 35.5. The quantitative estimate of drug-likeness (QED) is 0.568. The van der Waals surface area contributed by atoms with Crippen LogP contribution in [0.1, 0.15) is 13.8 Å². The second-order valence-electron chi connectivity index (χ2n) is 5.66. The predicted octanol–water partition coefficient (Wildman–Crippen LogP) is 5.16. The Balaban J connectivity index is 1.95. The third kappa shape index (κ3) is 3.83. The van der Waals surface area contributed by atoms with Crippen molar-refractivity contribution < 1.29 is 8.42 Å². The van der Waals surface area contributed by atoms with Crippen LogP contribution in [0.2, 0.25) is 5.02 Å². The van der Waals surface area contributed by atoms with Gasteiger partial charge in [-0.15, -0.1) is 11.3 Å². The highest BCUT2D eigenvalue weighted by Crippen LogP contribution is 2.30. The summed E-state index contributed by atoms with van der Waals surface area (Å²) < 4.78 is 26.9. The molecular weight excluding hydrogens is 388 g/mol. The van der Waals surface area contributed by atoms with Crippen molar-refractivity contribution in [2.24, 2.45) is 0 Å². The normalized spacial score (nSPS) is 11.8. The first kappa shape index (κ1) is 19.0. The van der Waals surface area contributed by atoms with E-state index in [1.807, 2.05) is 49.6 Å². The van der Waals surface area contributed by atoms with E-state index in [1.165, 1.54) is 15.6 Å². The molecule has 0 amide bonds. The number of benzene rings is 2. The molecule has 2 aromatic carbocycles. The van der Waals surface area contributed by atoms with Gasteiger partial charge in [0, 0.05) is 34.6 Å². The summed E-state index contributed by atoms with van der Waals surface area (Å²) in [6.07, 6.45) is 0. The largest absolute Gasteiger partial charge is 0.243 e. The van der Waals surface area contributed by atoms with E-state index >= 15 is 0 Å². The first-order valence-corrected chi connectivity index (χ1v) is 11.0. The number of hydrogen-bond donors (Lipinski definition) is 0. The highest BCUT2D eigenvalue weighted by Gasteiger charge is 2.22. The Bertz CT molecular complexity index is 994. The van der Waals surface area contributed by atoms with E-state index in [9.17, 15) is 8.42 Å². The van der Waals surface area contributed by atoms with E-state index in [2.05, 4.69) is 4.98 Å². The molecule has 0 aliphatic rings. The van der Waals surface area contributed by atoms with Crippen LogP contribution in [0.3, 0.4) is 0 Å². The standard InChI is InChI=1S/C19H19ClN2O2S2/c1-3-22(4-2)26(23,24)17-7-5-6-15(12-17)18-13-25-19(21-18)14-8-10-16(20)11-9-14/h5-13H,3-4H2,1-2H3. The average molecular weight is 407 g/mol. The summed E-state index contributed by atoms with van der Waals surface area (Å²) in [6, 6.07) is 14.5. The molecule has 1 aromatic heterocycles. The van der Waals surface area contributed by atoms with Crippen LogP contribution in [0.4, 0.5) is 0 Å². The Labute approximate surface area is 163 Å². The van der Waals surface area contributed by atoms with Crippen LogP contribution in [-0.2, 0) is 10.0 Å². The van der Waals surface area contributed by atoms with Crippen molar-refractivity contribution in [2.75, 3.05) is 13.1 Å². The maximum absolute atomic E-state index is 12.7. The monoisotopic (exact) mass is 406 g/mol. The first-order chi connectivity index (χ1) is 12.5. The van der Waals surface area contributed by atoms with Crippen LogP contribution < -0.4 is 0 Å². The van der Waals surface area contributed by atoms with Gasteiger partial charge in [0.25, 0.3) is 0 Å². The second-order valence-corrected chi connectivity index (χ2v) is 8.89. The Kier molecular flexibility index (Phi) is 5.77. The van der Waals surface area contributed by atoms with E-state index in [1.54, 1.807) is 18.2 Å². The molecule has 4 nitrogen and oxygen atoms in total. The summed E-state index contributed by atoms with van der Waals surface area (Å²) in [6.45, 7) is 4.56. The van der Waals surface area contributed by atoms with Gasteiger partial charge in [-0.05, 0) is 24.3 Å². The zero-order valence-corrected chi connectivity index (χ0v) is 16.9. The van der Waals surface area contributed by atoms with Crippen molar-refractivity contribution in [2.45, 2.75) is 18.7 Å². The van der Waals surface area contributed by atoms with Crippen LogP contribution in [0.5, 0.6) is 0 Å². The van der Waals surface area contributed by atoms with Gasteiger partial charge in [-0.25, -0.2) is 13.4 Å². The minimum absolute atomic E-state index is 0.291. The SMILES string of the molecule is CCN(CC)S(=O)(=O)c1cccc(-c2csc(-c3ccc(Cl)cc3)n2)c1. The molecule has 3 aromatic rings. The minimum atomic E-state index is -3.49. The summed E-state index contributed by atoms with van der Waals surface area (Å²) in [5.41, 5.74) is 2.53. The maximum Gasteiger partial charge on any atom is 0.243 e. The minimum Gasteiger partial charge on any atom is -0.236 e. The van der Waals surface area contributed by atoms with Crippen LogP contribution >= 0.6 is 22.9 Å². The lowest BCUT2D eigenvalue weighted by molar-refractivity contribution is 0.445. The number of halogens is 1. The molecule has 0 saturated heterocycles. The van der Waals surface area contributed by atoms with Crippen molar-refractivity contribution in [3.8, 4) is 21.8 Å². The fourth-order valence-electron chi connectivity index (χ4n) is 2.66. The van der Waals surface area contributed by atoms with Crippen molar-refractivity contribution in [1.29, 1.82) is 0 Å². The number of thiazole rings is 1. The van der Waals surface area contributed by atoms with Crippen molar-refractivity contribution in [3.63, 3.8) is 0 Å². The molecule has 0 aliphatic heterocycles. The van der Waals surface area contributed by atoms with Crippen LogP contribution in [0.15, 0.2) is 58.8 Å². The Morgan fingerprint density at radius 1 is 1.04 bits per heavy atom. The summed E-state index contributed by atoms with van der Waals surface area (Å²) in [5, 5.41) is 3.49. The van der Waals surface area contributed by atoms with Crippen molar-refractivity contribution >= 4 is 33.0 Å². The smallest absolute Gasteiger partial charge is 0.236 e. The van der Waals surface area contributed by atoms with Gasteiger partial charge in [-0.1, -0.05) is 49.7 Å². The highest BCUT2D eigenvalue weighted by molar-refractivity contribution is 7.89. The van der Waals surface area contributed by atoms with Crippen molar-refractivity contribution in [1.82, 2.24) is 9.29 Å². The fourth-order valence-corrected chi connectivity index (χ4v) is 5.13. The molecule has 0 radical (unpaired) electrons. The molecule has 0 saturated carbocycles.